The molecule has 1 aromatic carbocycles. The fraction of sp³-hybridized carbons (Fsp3) is 0.579. The summed E-state index contributed by atoms with van der Waals surface area (Å²) in [6.45, 7) is 5.06. The molecule has 1 aromatic rings. The molecule has 0 radical (unpaired) electrons. The van der Waals surface area contributed by atoms with Crippen LogP contribution in [0, 0.1) is 17.8 Å². The van der Waals surface area contributed by atoms with Crippen LogP contribution >= 0.6 is 24.0 Å². The van der Waals surface area contributed by atoms with E-state index in [0.717, 1.165) is 45.6 Å². The molecule has 4 rings (SSSR count). The lowest BCUT2D eigenvalue weighted by molar-refractivity contribution is -0.136. The highest BCUT2D eigenvalue weighted by Crippen LogP contribution is 2.29. The van der Waals surface area contributed by atoms with Gasteiger partial charge in [0.25, 0.3) is 5.91 Å². The lowest BCUT2D eigenvalue weighted by Crippen LogP contribution is -2.46. The second-order valence-electron chi connectivity index (χ2n) is 7.52. The summed E-state index contributed by atoms with van der Waals surface area (Å²) < 4.78 is 0. The maximum atomic E-state index is 12.9. The van der Waals surface area contributed by atoms with Gasteiger partial charge in [-0.15, -0.1) is 12.4 Å². The summed E-state index contributed by atoms with van der Waals surface area (Å²) in [7, 11) is 0. The molecule has 5 nitrogen and oxygen atoms in total. The van der Waals surface area contributed by atoms with E-state index in [2.05, 4.69) is 5.32 Å². The number of benzene rings is 1. The smallest absolute Gasteiger partial charge is 0.253 e. The van der Waals surface area contributed by atoms with Gasteiger partial charge in [-0.3, -0.25) is 9.59 Å². The average molecular weight is 398 g/mol. The second kappa shape index (κ2) is 8.15. The molecular weight excluding hydrogens is 373 g/mol. The van der Waals surface area contributed by atoms with Gasteiger partial charge in [-0.1, -0.05) is 11.6 Å². The molecule has 0 saturated carbocycles. The highest BCUT2D eigenvalue weighted by atomic mass is 35.5. The molecule has 142 valence electrons. The Morgan fingerprint density at radius 2 is 1.65 bits per heavy atom. The topological polar surface area (TPSA) is 52.7 Å². The predicted octanol–water partition coefficient (Wildman–Crippen LogP) is 2.29. The largest absolute Gasteiger partial charge is 0.342 e. The van der Waals surface area contributed by atoms with Crippen LogP contribution in [0.3, 0.4) is 0 Å². The first kappa shape index (κ1) is 19.5. The minimum atomic E-state index is -0.0585. The van der Waals surface area contributed by atoms with Gasteiger partial charge in [-0.25, -0.2) is 0 Å². The number of hydrogen-bond donors (Lipinski definition) is 1. The number of halogens is 2. The molecule has 3 heterocycles. The van der Waals surface area contributed by atoms with E-state index in [4.69, 9.17) is 11.6 Å². The molecule has 1 unspecified atom stereocenters. The number of likely N-dealkylation sites (tertiary alicyclic amines) is 2. The summed E-state index contributed by atoms with van der Waals surface area (Å²) in [5.41, 5.74) is 0.638. The van der Waals surface area contributed by atoms with Crippen molar-refractivity contribution in [3.63, 3.8) is 0 Å². The Kier molecular flexibility index (Phi) is 6.10. The van der Waals surface area contributed by atoms with Gasteiger partial charge in [0, 0.05) is 49.9 Å². The number of nitrogens with zero attached hydrogens (tertiary/aromatic N) is 2. The maximum Gasteiger partial charge on any atom is 0.253 e. The minimum absolute atomic E-state index is 0. The molecule has 0 spiro atoms. The van der Waals surface area contributed by atoms with E-state index in [0.29, 0.717) is 29.0 Å². The van der Waals surface area contributed by atoms with Gasteiger partial charge in [0.05, 0.1) is 5.92 Å². The summed E-state index contributed by atoms with van der Waals surface area (Å²) in [6, 6.07) is 6.98. The van der Waals surface area contributed by atoms with Gasteiger partial charge < -0.3 is 15.1 Å². The third-order valence-electron chi connectivity index (χ3n) is 5.85. The SMILES string of the molecule is Cl.O=C(c1ccc(Cl)cc1)N1CCCC(C(=O)N2C[C@H]3CNC[C@H]3C2)C1. The quantitative estimate of drug-likeness (QED) is 0.832. The zero-order valence-corrected chi connectivity index (χ0v) is 16.3. The number of rotatable bonds is 2. The van der Waals surface area contributed by atoms with Crippen LogP contribution in [0.25, 0.3) is 0 Å². The summed E-state index contributed by atoms with van der Waals surface area (Å²) in [5.74, 6) is 1.40. The molecule has 0 aromatic heterocycles. The van der Waals surface area contributed by atoms with Crippen molar-refractivity contribution < 1.29 is 9.59 Å². The number of hydrogen-bond acceptors (Lipinski definition) is 3. The fourth-order valence-corrected chi connectivity index (χ4v) is 4.56. The van der Waals surface area contributed by atoms with Crippen LogP contribution in [0.4, 0.5) is 0 Å². The van der Waals surface area contributed by atoms with Crippen LogP contribution in [0.1, 0.15) is 23.2 Å². The van der Waals surface area contributed by atoms with Crippen LogP contribution < -0.4 is 5.32 Å². The summed E-state index contributed by atoms with van der Waals surface area (Å²) in [4.78, 5) is 29.5. The molecule has 3 fully saturated rings. The van der Waals surface area contributed by atoms with Crippen molar-refractivity contribution in [1.82, 2.24) is 15.1 Å². The first-order chi connectivity index (χ1) is 12.1. The van der Waals surface area contributed by atoms with Crippen molar-refractivity contribution in [3.8, 4) is 0 Å². The number of piperidine rings is 1. The van der Waals surface area contributed by atoms with Crippen molar-refractivity contribution in [2.24, 2.45) is 17.8 Å². The van der Waals surface area contributed by atoms with Crippen LogP contribution in [0.15, 0.2) is 24.3 Å². The van der Waals surface area contributed by atoms with Gasteiger partial charge in [0.15, 0.2) is 0 Å². The van der Waals surface area contributed by atoms with Gasteiger partial charge in [-0.05, 0) is 48.9 Å². The normalized spacial score (nSPS) is 27.8. The average Bonchev–Trinajstić information content (AvgIpc) is 3.23. The van der Waals surface area contributed by atoms with Crippen LogP contribution in [0.2, 0.25) is 5.02 Å². The predicted molar refractivity (Wildman–Crippen MR) is 104 cm³/mol. The Labute approximate surface area is 165 Å². The summed E-state index contributed by atoms with van der Waals surface area (Å²) in [5, 5.41) is 4.03. The van der Waals surface area contributed by atoms with E-state index in [9.17, 15) is 9.59 Å². The fourth-order valence-electron chi connectivity index (χ4n) is 4.43. The molecule has 3 aliphatic rings. The standard InChI is InChI=1S/C19H24ClN3O2.ClH/c20-17-5-3-13(4-6-17)18(24)22-7-1-2-14(10-22)19(25)23-11-15-8-21-9-16(15)12-23;/h3-6,14-16,21H,1-2,7-12H2;1H/t14?,15-,16+;. The van der Waals surface area contributed by atoms with Crippen molar-refractivity contribution in [3.05, 3.63) is 34.9 Å². The van der Waals surface area contributed by atoms with Crippen LogP contribution in [-0.2, 0) is 4.79 Å². The van der Waals surface area contributed by atoms with E-state index in [1.54, 1.807) is 24.3 Å². The van der Waals surface area contributed by atoms with Crippen LogP contribution in [0.5, 0.6) is 0 Å². The summed E-state index contributed by atoms with van der Waals surface area (Å²) >= 11 is 5.90. The minimum Gasteiger partial charge on any atom is -0.342 e. The Morgan fingerprint density at radius 3 is 2.31 bits per heavy atom. The van der Waals surface area contributed by atoms with Crippen molar-refractivity contribution >= 4 is 35.8 Å². The first-order valence-electron chi connectivity index (χ1n) is 9.16. The molecular formula is C19H25Cl2N3O2. The number of carbonyl (C=O) groups excluding carboxylic acids is 2. The van der Waals surface area contributed by atoms with Crippen molar-refractivity contribution in [2.45, 2.75) is 12.8 Å². The van der Waals surface area contributed by atoms with Gasteiger partial charge in [0.2, 0.25) is 5.91 Å². The molecule has 0 bridgehead atoms. The molecule has 0 aliphatic carbocycles. The molecule has 1 N–H and O–H groups in total. The number of nitrogens with one attached hydrogen (secondary N) is 1. The van der Waals surface area contributed by atoms with Gasteiger partial charge in [0.1, 0.15) is 0 Å². The van der Waals surface area contributed by atoms with Crippen LogP contribution in [-0.4, -0.2) is 60.9 Å². The van der Waals surface area contributed by atoms with Gasteiger partial charge in [-0.2, -0.15) is 0 Å². The molecule has 26 heavy (non-hydrogen) atoms. The van der Waals surface area contributed by atoms with E-state index in [1.165, 1.54) is 0 Å². The number of carbonyl (C=O) groups is 2. The lowest BCUT2D eigenvalue weighted by Gasteiger charge is -2.34. The Balaban J connectivity index is 0.00000196. The summed E-state index contributed by atoms with van der Waals surface area (Å²) in [6.07, 6.45) is 1.77. The zero-order valence-electron chi connectivity index (χ0n) is 14.7. The van der Waals surface area contributed by atoms with E-state index < -0.39 is 0 Å². The highest BCUT2D eigenvalue weighted by Gasteiger charge is 2.40. The van der Waals surface area contributed by atoms with Gasteiger partial charge >= 0.3 is 0 Å². The Bertz CT molecular complexity index is 655. The number of amides is 2. The Hall–Kier alpha value is -1.30. The van der Waals surface area contributed by atoms with E-state index in [-0.39, 0.29) is 30.1 Å². The second-order valence-corrected chi connectivity index (χ2v) is 7.96. The maximum absolute atomic E-state index is 12.9. The number of fused-ring (bicyclic) bond motifs is 1. The molecule has 2 amide bonds. The third kappa shape index (κ3) is 3.85. The van der Waals surface area contributed by atoms with Crippen molar-refractivity contribution in [2.75, 3.05) is 39.3 Å². The highest BCUT2D eigenvalue weighted by molar-refractivity contribution is 6.30. The van der Waals surface area contributed by atoms with Crippen molar-refractivity contribution in [1.29, 1.82) is 0 Å². The van der Waals surface area contributed by atoms with E-state index >= 15 is 0 Å². The first-order valence-corrected chi connectivity index (χ1v) is 9.54. The Morgan fingerprint density at radius 1 is 1.00 bits per heavy atom. The lowest BCUT2D eigenvalue weighted by atomic mass is 9.96. The zero-order chi connectivity index (χ0) is 17.4. The molecule has 3 saturated heterocycles. The molecule has 3 atom stereocenters. The third-order valence-corrected chi connectivity index (χ3v) is 6.10. The molecule has 3 aliphatic heterocycles. The van der Waals surface area contributed by atoms with E-state index in [1.807, 2.05) is 9.80 Å². The monoisotopic (exact) mass is 397 g/mol. The molecule has 7 heteroatoms.